The number of ether oxygens (including phenoxy) is 1. The minimum Gasteiger partial charge on any atom is -0.447 e. The summed E-state index contributed by atoms with van der Waals surface area (Å²) in [5.41, 5.74) is 2.15. The van der Waals surface area contributed by atoms with Crippen LogP contribution in [0.25, 0.3) is 11.3 Å². The predicted octanol–water partition coefficient (Wildman–Crippen LogP) is 4.15. The van der Waals surface area contributed by atoms with Crippen molar-refractivity contribution >= 4 is 16.1 Å². The molecule has 0 unspecified atom stereocenters. The number of amides is 1. The van der Waals surface area contributed by atoms with Crippen molar-refractivity contribution in [3.8, 4) is 11.3 Å². The summed E-state index contributed by atoms with van der Waals surface area (Å²) in [7, 11) is -4.66. The van der Waals surface area contributed by atoms with E-state index in [-0.39, 0.29) is 12.8 Å². The number of alkyl halides is 3. The van der Waals surface area contributed by atoms with Crippen molar-refractivity contribution < 1.29 is 31.1 Å². The lowest BCUT2D eigenvalue weighted by atomic mass is 9.93. The largest absolute Gasteiger partial charge is 0.447 e. The average molecular weight is 500 g/mol. The zero-order valence-corrected chi connectivity index (χ0v) is 19.8. The molecule has 1 aliphatic rings. The molecule has 3 rings (SSSR count). The Morgan fingerprint density at radius 1 is 1.18 bits per heavy atom. The van der Waals surface area contributed by atoms with Gasteiger partial charge in [0.05, 0.1) is 17.8 Å². The van der Waals surface area contributed by atoms with Crippen LogP contribution in [0.4, 0.5) is 18.0 Å². The molecular weight excluding hydrogens is 471 g/mol. The number of hydrogen-bond acceptors (Lipinski definition) is 5. The van der Waals surface area contributed by atoms with E-state index in [0.717, 1.165) is 5.56 Å². The highest BCUT2D eigenvalue weighted by Gasteiger charge is 2.41. The van der Waals surface area contributed by atoms with Gasteiger partial charge in [-0.2, -0.15) is 13.2 Å². The van der Waals surface area contributed by atoms with E-state index in [1.807, 2.05) is 36.4 Å². The number of pyridine rings is 1. The maximum atomic E-state index is 12.8. The fourth-order valence-corrected chi connectivity index (χ4v) is 5.26. The van der Waals surface area contributed by atoms with Gasteiger partial charge in [-0.25, -0.2) is 17.9 Å². The molecular formula is C23H28F3N3O4S. The lowest BCUT2D eigenvalue weighted by Crippen LogP contribution is -2.58. The SMILES string of the molecule is CC(C)OC(=O)N1CCC[C@H](NS(=O)(=O)CC(F)(F)F)[C@@H]1Cc1cccc(-c2ccccc2)n1. The molecule has 34 heavy (non-hydrogen) atoms. The van der Waals surface area contributed by atoms with Crippen molar-refractivity contribution in [2.45, 2.75) is 57.5 Å². The number of benzene rings is 1. The van der Waals surface area contributed by atoms with E-state index in [4.69, 9.17) is 4.74 Å². The number of carbonyl (C=O) groups excluding carboxylic acids is 1. The highest BCUT2D eigenvalue weighted by molar-refractivity contribution is 7.89. The van der Waals surface area contributed by atoms with Crippen molar-refractivity contribution in [2.24, 2.45) is 0 Å². The van der Waals surface area contributed by atoms with Gasteiger partial charge in [-0.05, 0) is 38.8 Å². The summed E-state index contributed by atoms with van der Waals surface area (Å²) in [5, 5.41) is 0. The van der Waals surface area contributed by atoms with Gasteiger partial charge in [-0.15, -0.1) is 0 Å². The number of nitrogens with zero attached hydrogens (tertiary/aromatic N) is 2. The lowest BCUT2D eigenvalue weighted by Gasteiger charge is -2.41. The lowest BCUT2D eigenvalue weighted by molar-refractivity contribution is -0.106. The summed E-state index contributed by atoms with van der Waals surface area (Å²) in [6.07, 6.45) is -5.08. The maximum Gasteiger partial charge on any atom is 0.410 e. The summed E-state index contributed by atoms with van der Waals surface area (Å²) >= 11 is 0. The topological polar surface area (TPSA) is 88.6 Å². The molecule has 0 spiro atoms. The fourth-order valence-electron chi connectivity index (χ4n) is 4.01. The van der Waals surface area contributed by atoms with Gasteiger partial charge in [0.2, 0.25) is 10.0 Å². The number of aromatic nitrogens is 1. The van der Waals surface area contributed by atoms with Crippen molar-refractivity contribution in [1.82, 2.24) is 14.6 Å². The summed E-state index contributed by atoms with van der Waals surface area (Å²) in [5.74, 6) is -1.98. The van der Waals surface area contributed by atoms with Gasteiger partial charge >= 0.3 is 12.3 Å². The van der Waals surface area contributed by atoms with Crippen LogP contribution >= 0.6 is 0 Å². The van der Waals surface area contributed by atoms with Gasteiger partial charge in [0.15, 0.2) is 5.75 Å². The third-order valence-electron chi connectivity index (χ3n) is 5.33. The molecule has 0 saturated carbocycles. The molecule has 7 nitrogen and oxygen atoms in total. The Kier molecular flexibility index (Phi) is 8.19. The van der Waals surface area contributed by atoms with Crippen LogP contribution < -0.4 is 4.72 Å². The van der Waals surface area contributed by atoms with Gasteiger partial charge in [0, 0.05) is 30.3 Å². The minimum atomic E-state index is -4.88. The van der Waals surface area contributed by atoms with Crippen LogP contribution in [-0.4, -0.2) is 61.1 Å². The van der Waals surface area contributed by atoms with Crippen LogP contribution in [0.15, 0.2) is 48.5 Å². The molecule has 1 aromatic heterocycles. The fraction of sp³-hybridized carbons (Fsp3) is 0.478. The van der Waals surface area contributed by atoms with Crippen LogP contribution in [0.1, 0.15) is 32.4 Å². The number of sulfonamides is 1. The first-order valence-electron chi connectivity index (χ1n) is 11.0. The highest BCUT2D eigenvalue weighted by Crippen LogP contribution is 2.25. The summed E-state index contributed by atoms with van der Waals surface area (Å²) in [6, 6.07) is 13.1. The monoisotopic (exact) mass is 499 g/mol. The Bertz CT molecular complexity index is 1080. The number of likely N-dealkylation sites (tertiary alicyclic amines) is 1. The van der Waals surface area contributed by atoms with E-state index in [1.54, 1.807) is 26.0 Å². The smallest absolute Gasteiger partial charge is 0.410 e. The Labute approximate surface area is 197 Å². The summed E-state index contributed by atoms with van der Waals surface area (Å²) in [4.78, 5) is 18.8. The number of rotatable bonds is 7. The van der Waals surface area contributed by atoms with Crippen LogP contribution in [0.5, 0.6) is 0 Å². The molecule has 11 heteroatoms. The van der Waals surface area contributed by atoms with Crippen molar-refractivity contribution in [3.05, 3.63) is 54.2 Å². The number of piperidine rings is 1. The zero-order chi connectivity index (χ0) is 24.9. The van der Waals surface area contributed by atoms with E-state index in [2.05, 4.69) is 9.71 Å². The van der Waals surface area contributed by atoms with Gasteiger partial charge < -0.3 is 9.64 Å². The second-order valence-electron chi connectivity index (χ2n) is 8.52. The zero-order valence-electron chi connectivity index (χ0n) is 19.0. The van der Waals surface area contributed by atoms with Crippen LogP contribution in [0.3, 0.4) is 0 Å². The normalized spacial score (nSPS) is 19.3. The Morgan fingerprint density at radius 2 is 1.88 bits per heavy atom. The van der Waals surface area contributed by atoms with E-state index in [9.17, 15) is 26.4 Å². The molecule has 1 aromatic carbocycles. The van der Waals surface area contributed by atoms with Gasteiger partial charge in [0.25, 0.3) is 0 Å². The molecule has 186 valence electrons. The average Bonchev–Trinajstić information content (AvgIpc) is 2.73. The van der Waals surface area contributed by atoms with E-state index >= 15 is 0 Å². The molecule has 0 aliphatic carbocycles. The maximum absolute atomic E-state index is 12.8. The molecule has 1 aliphatic heterocycles. The predicted molar refractivity (Wildman–Crippen MR) is 121 cm³/mol. The third kappa shape index (κ3) is 7.42. The Morgan fingerprint density at radius 3 is 2.53 bits per heavy atom. The molecule has 1 fully saturated rings. The first-order chi connectivity index (χ1) is 15.9. The first-order valence-corrected chi connectivity index (χ1v) is 12.6. The molecule has 0 radical (unpaired) electrons. The van der Waals surface area contributed by atoms with Gasteiger partial charge in [-0.1, -0.05) is 36.4 Å². The van der Waals surface area contributed by atoms with Crippen molar-refractivity contribution in [3.63, 3.8) is 0 Å². The van der Waals surface area contributed by atoms with E-state index in [1.165, 1.54) is 4.90 Å². The molecule has 2 aromatic rings. The van der Waals surface area contributed by atoms with Crippen LogP contribution in [0, 0.1) is 0 Å². The van der Waals surface area contributed by atoms with E-state index in [0.29, 0.717) is 24.4 Å². The van der Waals surface area contributed by atoms with Crippen LogP contribution in [-0.2, 0) is 21.2 Å². The molecule has 1 amide bonds. The van der Waals surface area contributed by atoms with Crippen LogP contribution in [0.2, 0.25) is 0 Å². The highest BCUT2D eigenvalue weighted by atomic mass is 32.2. The molecule has 0 bridgehead atoms. The second kappa shape index (κ2) is 10.7. The Balaban J connectivity index is 1.90. The number of nitrogens with one attached hydrogen (secondary N) is 1. The van der Waals surface area contributed by atoms with Gasteiger partial charge in [0.1, 0.15) is 0 Å². The third-order valence-corrected chi connectivity index (χ3v) is 6.70. The first kappa shape index (κ1) is 26.0. The number of carbonyl (C=O) groups is 1. The molecule has 1 saturated heterocycles. The summed E-state index contributed by atoms with van der Waals surface area (Å²) < 4.78 is 70.3. The van der Waals surface area contributed by atoms with E-state index < -0.39 is 46.2 Å². The Hall–Kier alpha value is -2.66. The van der Waals surface area contributed by atoms with Crippen molar-refractivity contribution in [2.75, 3.05) is 12.3 Å². The van der Waals surface area contributed by atoms with Gasteiger partial charge in [-0.3, -0.25) is 4.98 Å². The van der Waals surface area contributed by atoms with Crippen molar-refractivity contribution in [1.29, 1.82) is 0 Å². The molecule has 1 N–H and O–H groups in total. The molecule has 2 atom stereocenters. The number of hydrogen-bond donors (Lipinski definition) is 1. The minimum absolute atomic E-state index is 0.146. The standard InChI is InChI=1S/C23H28F3N3O4S/c1-16(2)33-22(30)29-13-7-12-20(28-34(31,32)15-23(24,25)26)21(29)14-18-10-6-11-19(27-18)17-8-4-3-5-9-17/h3-6,8-11,16,20-21,28H,7,12-15H2,1-2H3/t20-,21-/m0/s1. The quantitative estimate of drug-likeness (QED) is 0.618. The summed E-state index contributed by atoms with van der Waals surface area (Å²) in [6.45, 7) is 3.67. The number of halogens is 3. The second-order valence-corrected chi connectivity index (χ2v) is 10.3. The molecule has 2 heterocycles.